The summed E-state index contributed by atoms with van der Waals surface area (Å²) in [6.07, 6.45) is -61.9. The van der Waals surface area contributed by atoms with Crippen LogP contribution in [0.15, 0.2) is 0 Å². The van der Waals surface area contributed by atoms with Crippen molar-refractivity contribution in [2.75, 3.05) is 0 Å². The maximum atomic E-state index is 13.8. The summed E-state index contributed by atoms with van der Waals surface area (Å²) in [5, 5.41) is 0. The van der Waals surface area contributed by atoms with Gasteiger partial charge >= 0.3 is 60.7 Å². The number of alkyl halides is 23. The second-order valence-corrected chi connectivity index (χ2v) is 5.99. The molecule has 0 aromatic rings. The van der Waals surface area contributed by atoms with Crippen LogP contribution in [-0.2, 0) is 14.2 Å². The molecule has 0 saturated heterocycles. The molecule has 0 amide bonds. The van der Waals surface area contributed by atoms with E-state index in [4.69, 9.17) is 0 Å². The van der Waals surface area contributed by atoms with Crippen LogP contribution in [-0.4, -0.2) is 67.0 Å². The molecule has 0 unspecified atom stereocenters. The lowest BCUT2D eigenvalue weighted by Crippen LogP contribution is -2.70. The highest BCUT2D eigenvalue weighted by atomic mass is 19.4. The fourth-order valence-corrected chi connectivity index (χ4v) is 1.49. The zero-order valence-electron chi connectivity index (χ0n) is 15.5. The lowest BCUT2D eigenvalue weighted by molar-refractivity contribution is -0.575. The van der Waals surface area contributed by atoms with Gasteiger partial charge < -0.3 is 0 Å². The lowest BCUT2D eigenvalue weighted by Gasteiger charge is -2.41. The molecule has 0 spiro atoms. The molecule has 0 aliphatic heterocycles. The van der Waals surface area contributed by atoms with Crippen LogP contribution < -0.4 is 0 Å². The Balaban J connectivity index is 6.96. The molecule has 37 heavy (non-hydrogen) atoms. The third-order valence-electron chi connectivity index (χ3n) is 3.25. The van der Waals surface area contributed by atoms with Crippen molar-refractivity contribution in [3.05, 3.63) is 0 Å². The minimum Gasteiger partial charge on any atom is -0.272 e. The van der Waals surface area contributed by atoms with Crippen molar-refractivity contribution in [3.8, 4) is 0 Å². The van der Waals surface area contributed by atoms with E-state index in [-0.39, 0.29) is 0 Å². The summed E-state index contributed by atoms with van der Waals surface area (Å²) in [5.74, 6) is -25.1. The van der Waals surface area contributed by atoms with Crippen LogP contribution in [0.4, 0.5) is 101 Å². The quantitative estimate of drug-likeness (QED) is 0.254. The molecule has 0 bridgehead atoms. The third-order valence-corrected chi connectivity index (χ3v) is 3.25. The van der Waals surface area contributed by atoms with Gasteiger partial charge in [0.05, 0.1) is 0 Å². The monoisotopic (exact) mass is 618 g/mol. The molecule has 0 aliphatic carbocycles. The van der Waals surface area contributed by atoms with E-state index in [2.05, 4.69) is 0 Å². The molecule has 0 aromatic carbocycles. The van der Waals surface area contributed by atoms with Crippen LogP contribution in [0.25, 0.3) is 0 Å². The highest BCUT2D eigenvalue weighted by molar-refractivity contribution is 4.96. The van der Waals surface area contributed by atoms with E-state index in [1.165, 1.54) is 4.74 Å². The van der Waals surface area contributed by atoms with E-state index in [1.807, 2.05) is 0 Å². The van der Waals surface area contributed by atoms with Crippen molar-refractivity contribution in [1.82, 2.24) is 0 Å². The molecule has 0 rings (SSSR count). The van der Waals surface area contributed by atoms with Gasteiger partial charge in [0.25, 0.3) is 6.36 Å². The minimum absolute atomic E-state index is 1.01. The highest BCUT2D eigenvalue weighted by Gasteiger charge is 2.87. The zero-order chi connectivity index (χ0) is 30.7. The van der Waals surface area contributed by atoms with Gasteiger partial charge in [-0.3, -0.25) is 14.2 Å². The zero-order valence-corrected chi connectivity index (χ0v) is 15.5. The van der Waals surface area contributed by atoms with Gasteiger partial charge in [-0.25, -0.2) is 4.39 Å². The Labute approximate surface area is 184 Å². The fourth-order valence-electron chi connectivity index (χ4n) is 1.49. The van der Waals surface area contributed by atoms with Crippen molar-refractivity contribution in [2.45, 2.75) is 67.0 Å². The van der Waals surface area contributed by atoms with Crippen LogP contribution in [0.3, 0.4) is 0 Å². The lowest BCUT2D eigenvalue weighted by atomic mass is 10.2. The minimum atomic E-state index is -8.60. The topological polar surface area (TPSA) is 27.7 Å². The fraction of sp³-hybridized carbons (Fsp3) is 1.00. The molecule has 0 N–H and O–H groups in total. The molecule has 0 radical (unpaired) electrons. The third kappa shape index (κ3) is 6.30. The van der Waals surface area contributed by atoms with Gasteiger partial charge in [0.2, 0.25) is 0 Å². The summed E-state index contributed by atoms with van der Waals surface area (Å²) in [5.41, 5.74) is 0. The molecule has 0 saturated carbocycles. The summed E-state index contributed by atoms with van der Waals surface area (Å²) < 4.78 is 295. The Morgan fingerprint density at radius 1 is 0.378 bits per heavy atom. The predicted octanol–water partition coefficient (Wildman–Crippen LogP) is 7.33. The molecule has 3 nitrogen and oxygen atoms in total. The molecule has 0 heterocycles. The Kier molecular flexibility index (Phi) is 8.75. The average Bonchev–Trinajstić information content (AvgIpc) is 2.56. The van der Waals surface area contributed by atoms with Crippen LogP contribution >= 0.6 is 0 Å². The van der Waals surface area contributed by atoms with E-state index in [0.717, 1.165) is 9.47 Å². The van der Waals surface area contributed by atoms with Gasteiger partial charge in [-0.05, 0) is 0 Å². The Morgan fingerprint density at radius 3 is 0.946 bits per heavy atom. The first-order chi connectivity index (χ1) is 15.5. The number of halogens is 23. The van der Waals surface area contributed by atoms with Crippen LogP contribution in [0.1, 0.15) is 0 Å². The van der Waals surface area contributed by atoms with Crippen molar-refractivity contribution < 1.29 is 115 Å². The van der Waals surface area contributed by atoms with Crippen molar-refractivity contribution in [3.63, 3.8) is 0 Å². The number of hydrogen-bond acceptors (Lipinski definition) is 3. The van der Waals surface area contributed by atoms with Crippen LogP contribution in [0.5, 0.6) is 0 Å². The van der Waals surface area contributed by atoms with Gasteiger partial charge in [-0.15, -0.1) is 0 Å². The number of hydrogen-bond donors (Lipinski definition) is 0. The first-order valence-electron chi connectivity index (χ1n) is 7.42. The molecule has 0 aromatic heterocycles. The van der Waals surface area contributed by atoms with E-state index < -0.39 is 67.0 Å². The smallest absolute Gasteiger partial charge is 0.272 e. The summed E-state index contributed by atoms with van der Waals surface area (Å²) in [7, 11) is 0. The van der Waals surface area contributed by atoms with Crippen LogP contribution in [0.2, 0.25) is 0 Å². The molecule has 224 valence electrons. The van der Waals surface area contributed by atoms with Gasteiger partial charge in [-0.1, -0.05) is 0 Å². The summed E-state index contributed by atoms with van der Waals surface area (Å²) >= 11 is 0. The second-order valence-electron chi connectivity index (χ2n) is 5.99. The maximum absolute atomic E-state index is 13.8. The number of ether oxygens (including phenoxy) is 3. The molecule has 0 fully saturated rings. The first-order valence-corrected chi connectivity index (χ1v) is 7.42. The molecule has 3 atom stereocenters. The largest absolute Gasteiger partial charge is 0.462 e. The Morgan fingerprint density at radius 2 is 0.676 bits per heavy atom. The van der Waals surface area contributed by atoms with Crippen LogP contribution in [0, 0.1) is 0 Å². The van der Waals surface area contributed by atoms with E-state index in [1.54, 1.807) is 0 Å². The van der Waals surface area contributed by atoms with Gasteiger partial charge in [0.15, 0.2) is 0 Å². The summed E-state index contributed by atoms with van der Waals surface area (Å²) in [6.45, 7) is 0. The van der Waals surface area contributed by atoms with E-state index in [0.29, 0.717) is 0 Å². The first kappa shape index (κ1) is 35.3. The van der Waals surface area contributed by atoms with Crippen molar-refractivity contribution in [2.24, 2.45) is 0 Å². The molecule has 26 heteroatoms. The highest BCUT2D eigenvalue weighted by Crippen LogP contribution is 2.58. The van der Waals surface area contributed by atoms with Crippen molar-refractivity contribution >= 4 is 0 Å². The Bertz CT molecular complexity index is 790. The average molecular weight is 618 g/mol. The SMILES string of the molecule is F[C@H](OC(F)(F)[C@](F)(OC(F)(F)[C@](F)(OC(F)(F)C(F)(F)C(F)(F)F)C(F)(F)F)C(F)(F)F)C(F)(F)F. The van der Waals surface area contributed by atoms with Gasteiger partial charge in [0, 0.05) is 0 Å². The normalized spacial score (nSPS) is 19.9. The molecular formula is C11HF23O3. The number of rotatable bonds is 9. The summed E-state index contributed by atoms with van der Waals surface area (Å²) in [4.78, 5) is 0. The predicted molar refractivity (Wildman–Crippen MR) is 59.8 cm³/mol. The standard InChI is InChI=1S/C11HF23O3/c12-1(2(13,14)15)35-10(31,32)4(18,7(23,24)25)37-11(33,34)5(19,8(26,27)28)36-9(29,30)3(16,17)6(20,21)22/h1H/t1-,4-,5-/m1/s1. The van der Waals surface area contributed by atoms with Gasteiger partial charge in [0.1, 0.15) is 0 Å². The molecular weight excluding hydrogens is 617 g/mol. The van der Waals surface area contributed by atoms with Crippen molar-refractivity contribution in [1.29, 1.82) is 0 Å². The van der Waals surface area contributed by atoms with E-state index in [9.17, 15) is 101 Å². The second kappa shape index (κ2) is 9.18. The Hall–Kier alpha value is -1.73. The van der Waals surface area contributed by atoms with E-state index >= 15 is 0 Å². The summed E-state index contributed by atoms with van der Waals surface area (Å²) in [6, 6.07) is 0. The maximum Gasteiger partial charge on any atom is 0.462 e. The molecule has 0 aliphatic rings. The van der Waals surface area contributed by atoms with Gasteiger partial charge in [-0.2, -0.15) is 96.6 Å².